The third-order valence-corrected chi connectivity index (χ3v) is 11.6. The number of hydrogen-bond acceptors (Lipinski definition) is 6. The molecule has 0 saturated carbocycles. The molecular weight excluding hydrogens is 640 g/mol. The molecule has 2 saturated heterocycles. The van der Waals surface area contributed by atoms with Gasteiger partial charge in [0.2, 0.25) is 11.8 Å². The predicted molar refractivity (Wildman–Crippen MR) is 206 cm³/mol. The van der Waals surface area contributed by atoms with Gasteiger partial charge in [-0.2, -0.15) is 0 Å². The van der Waals surface area contributed by atoms with E-state index in [1.165, 1.54) is 128 Å². The van der Waals surface area contributed by atoms with Gasteiger partial charge in [0.05, 0.1) is 11.8 Å². The summed E-state index contributed by atoms with van der Waals surface area (Å²) in [6, 6.07) is -2.31. The van der Waals surface area contributed by atoms with Crippen LogP contribution in [0.1, 0.15) is 208 Å². The first-order valence-corrected chi connectivity index (χ1v) is 21.6. The van der Waals surface area contributed by atoms with Gasteiger partial charge in [-0.15, -0.1) is 0 Å². The van der Waals surface area contributed by atoms with Crippen LogP contribution in [0.25, 0.3) is 0 Å². The van der Waals surface area contributed by atoms with E-state index in [0.29, 0.717) is 12.8 Å². The second kappa shape index (κ2) is 25.8. The Morgan fingerprint density at radius 3 is 1.06 bits per heavy atom. The van der Waals surface area contributed by atoms with Crippen molar-refractivity contribution in [3.05, 3.63) is 0 Å². The Morgan fingerprint density at radius 2 is 0.765 bits per heavy atom. The van der Waals surface area contributed by atoms with Crippen molar-refractivity contribution >= 4 is 23.8 Å². The predicted octanol–water partition coefficient (Wildman–Crippen LogP) is 10.9. The average molecular weight is 719 g/mol. The lowest BCUT2D eigenvalue weighted by Crippen LogP contribution is -2.64. The van der Waals surface area contributed by atoms with E-state index in [0.717, 1.165) is 25.7 Å². The summed E-state index contributed by atoms with van der Waals surface area (Å²) in [4.78, 5) is 53.8. The van der Waals surface area contributed by atoms with Crippen molar-refractivity contribution in [2.75, 3.05) is 0 Å². The molecule has 0 radical (unpaired) electrons. The molecule has 296 valence electrons. The summed E-state index contributed by atoms with van der Waals surface area (Å²) in [7, 11) is 0. The van der Waals surface area contributed by atoms with Crippen LogP contribution in [-0.4, -0.2) is 29.8 Å². The van der Waals surface area contributed by atoms with E-state index in [1.807, 2.05) is 0 Å². The molecule has 0 bridgehead atoms. The molecule has 0 aromatic carbocycles. The van der Waals surface area contributed by atoms with Crippen molar-refractivity contribution < 1.29 is 28.7 Å². The minimum Gasteiger partial charge on any atom is -0.385 e. The third-order valence-electron chi connectivity index (χ3n) is 11.6. The zero-order valence-electron chi connectivity index (χ0n) is 33.8. The number of carbonyl (C=O) groups is 4. The highest BCUT2D eigenvalue weighted by molar-refractivity contribution is 5.91. The minimum absolute atomic E-state index is 0.225. The monoisotopic (exact) mass is 719 g/mol. The Balaban J connectivity index is 1.79. The zero-order valence-corrected chi connectivity index (χ0v) is 33.8. The second-order valence-corrected chi connectivity index (χ2v) is 16.6. The van der Waals surface area contributed by atoms with E-state index in [9.17, 15) is 19.2 Å². The highest BCUT2D eigenvalue weighted by Gasteiger charge is 2.54. The van der Waals surface area contributed by atoms with Crippen molar-refractivity contribution in [3.8, 4) is 0 Å². The molecule has 2 aliphatic rings. The molecule has 6 atom stereocenters. The molecule has 8 heteroatoms. The number of unbranched alkanes of at least 4 members (excludes halogenated alkanes) is 20. The molecule has 1 spiro atoms. The fraction of sp³-hybridized carbons (Fsp3) is 0.907. The topological polar surface area (TPSA) is 111 Å². The van der Waals surface area contributed by atoms with Gasteiger partial charge in [-0.25, -0.2) is 0 Å². The Morgan fingerprint density at radius 1 is 0.490 bits per heavy atom. The summed E-state index contributed by atoms with van der Waals surface area (Å²) < 4.78 is 11.5. The van der Waals surface area contributed by atoms with Crippen LogP contribution in [0.4, 0.5) is 0 Å². The molecule has 6 unspecified atom stereocenters. The number of nitrogens with one attached hydrogen (secondary N) is 2. The molecule has 0 aliphatic carbocycles. The first-order valence-electron chi connectivity index (χ1n) is 21.6. The minimum atomic E-state index is -2.31. The lowest BCUT2D eigenvalue weighted by molar-refractivity contribution is -0.248. The van der Waals surface area contributed by atoms with Gasteiger partial charge in [0, 0.05) is 11.8 Å². The highest BCUT2D eigenvalue weighted by atomic mass is 16.8. The maximum atomic E-state index is 13.5. The van der Waals surface area contributed by atoms with E-state index in [2.05, 4.69) is 38.3 Å². The van der Waals surface area contributed by atoms with E-state index in [1.54, 1.807) is 13.8 Å². The zero-order chi connectivity index (χ0) is 37.5. The largest absolute Gasteiger partial charge is 0.438 e. The Labute approximate surface area is 312 Å². The van der Waals surface area contributed by atoms with Crippen LogP contribution in [-0.2, 0) is 28.7 Å². The van der Waals surface area contributed by atoms with Crippen LogP contribution < -0.4 is 10.6 Å². The molecule has 2 heterocycles. The van der Waals surface area contributed by atoms with Gasteiger partial charge in [-0.1, -0.05) is 196 Å². The van der Waals surface area contributed by atoms with E-state index < -0.39 is 53.5 Å². The lowest BCUT2D eigenvalue weighted by atomic mass is 9.84. The van der Waals surface area contributed by atoms with E-state index >= 15 is 0 Å². The quantitative estimate of drug-likeness (QED) is 0.0615. The van der Waals surface area contributed by atoms with Gasteiger partial charge >= 0.3 is 18.0 Å². The SMILES string of the molecule is CCCCCCCCCCCCCC(C)CC1C(=O)OC2(NC(=O)C1C)NC(=O)C(C)C(CC(C)CCCCCCCCCCCCC)C(=O)O2. The van der Waals surface area contributed by atoms with Crippen LogP contribution in [0.5, 0.6) is 0 Å². The van der Waals surface area contributed by atoms with Crippen molar-refractivity contribution in [1.82, 2.24) is 10.6 Å². The molecular formula is C43H78N2O6. The number of carbonyl (C=O) groups excluding carboxylic acids is 4. The Kier molecular flexibility index (Phi) is 22.8. The highest BCUT2D eigenvalue weighted by Crippen LogP contribution is 2.34. The van der Waals surface area contributed by atoms with Gasteiger partial charge in [0.25, 0.3) is 0 Å². The average Bonchev–Trinajstić information content (AvgIpc) is 3.22. The molecule has 2 amide bonds. The number of amides is 2. The second-order valence-electron chi connectivity index (χ2n) is 16.6. The van der Waals surface area contributed by atoms with Crippen LogP contribution in [0.3, 0.4) is 0 Å². The molecule has 2 fully saturated rings. The summed E-state index contributed by atoms with van der Waals surface area (Å²) in [5.74, 6) is -4.51. The van der Waals surface area contributed by atoms with Crippen molar-refractivity contribution in [2.24, 2.45) is 35.5 Å². The maximum Gasteiger partial charge on any atom is 0.438 e. The van der Waals surface area contributed by atoms with Gasteiger partial charge in [-0.05, 0) is 24.7 Å². The van der Waals surface area contributed by atoms with Gasteiger partial charge in [-0.3, -0.25) is 29.8 Å². The smallest absolute Gasteiger partial charge is 0.385 e. The van der Waals surface area contributed by atoms with Crippen LogP contribution in [0.2, 0.25) is 0 Å². The fourth-order valence-electron chi connectivity index (χ4n) is 7.93. The van der Waals surface area contributed by atoms with Gasteiger partial charge < -0.3 is 9.47 Å². The molecule has 2 aliphatic heterocycles. The molecule has 51 heavy (non-hydrogen) atoms. The van der Waals surface area contributed by atoms with Crippen molar-refractivity contribution in [3.63, 3.8) is 0 Å². The fourth-order valence-corrected chi connectivity index (χ4v) is 7.93. The summed E-state index contributed by atoms with van der Waals surface area (Å²) in [6.45, 7) is 12.2. The van der Waals surface area contributed by atoms with Crippen molar-refractivity contribution in [2.45, 2.75) is 215 Å². The molecule has 0 aromatic heterocycles. The van der Waals surface area contributed by atoms with Gasteiger partial charge in [0.15, 0.2) is 0 Å². The Bertz CT molecular complexity index is 923. The molecule has 2 N–H and O–H groups in total. The van der Waals surface area contributed by atoms with Crippen LogP contribution in [0, 0.1) is 35.5 Å². The van der Waals surface area contributed by atoms with Crippen LogP contribution >= 0.6 is 0 Å². The van der Waals surface area contributed by atoms with E-state index in [4.69, 9.17) is 9.47 Å². The van der Waals surface area contributed by atoms with Gasteiger partial charge in [0.1, 0.15) is 0 Å². The number of rotatable bonds is 28. The summed E-state index contributed by atoms with van der Waals surface area (Å²) >= 11 is 0. The number of hydrogen-bond donors (Lipinski definition) is 2. The van der Waals surface area contributed by atoms with Crippen molar-refractivity contribution in [1.29, 1.82) is 0 Å². The summed E-state index contributed by atoms with van der Waals surface area (Å²) in [5.41, 5.74) is 0. The normalized spacial score (nSPS) is 25.1. The Hall–Kier alpha value is -2.12. The number of ether oxygens (including phenoxy) is 2. The number of esters is 2. The lowest BCUT2D eigenvalue weighted by Gasteiger charge is -2.30. The maximum absolute atomic E-state index is 13.5. The van der Waals surface area contributed by atoms with E-state index in [-0.39, 0.29) is 11.8 Å². The molecule has 0 aromatic rings. The molecule has 2 rings (SSSR count). The first kappa shape index (κ1) is 45.0. The first-order chi connectivity index (χ1) is 24.5. The third kappa shape index (κ3) is 17.5. The molecule has 8 nitrogen and oxygen atoms in total. The summed E-state index contributed by atoms with van der Waals surface area (Å²) in [5, 5.41) is 5.16. The summed E-state index contributed by atoms with van der Waals surface area (Å²) in [6.07, 6.45) is 31.2. The standard InChI is InChI=1S/C43H78N2O6/c1-7-9-11-13-15-17-19-21-23-25-27-29-33(3)31-37-35(5)39(46)44-43(50-41(37)48)45-40(47)36(6)38(42(49)51-43)32-34(4)30-28-26-24-22-20-18-16-14-12-10-8-2/h33-38H,7-32H2,1-6H3,(H,44,46)(H,45,47). The van der Waals surface area contributed by atoms with Crippen LogP contribution in [0.15, 0.2) is 0 Å².